The molecule has 23 heavy (non-hydrogen) atoms. The van der Waals surface area contributed by atoms with Crippen molar-refractivity contribution in [3.8, 4) is 0 Å². The van der Waals surface area contributed by atoms with E-state index in [1.807, 2.05) is 13.0 Å². The van der Waals surface area contributed by atoms with Gasteiger partial charge in [-0.3, -0.25) is 4.90 Å². The number of rotatable bonds is 6. The Balaban J connectivity index is 1.64. The number of aromatic nitrogens is 3. The molecule has 0 amide bonds. The van der Waals surface area contributed by atoms with Gasteiger partial charge in [0.1, 0.15) is 11.6 Å². The molecule has 126 valence electrons. The van der Waals surface area contributed by atoms with Crippen LogP contribution in [0.1, 0.15) is 35.6 Å². The summed E-state index contributed by atoms with van der Waals surface area (Å²) >= 11 is 0. The second-order valence-electron chi connectivity index (χ2n) is 6.48. The molecule has 3 rings (SSSR count). The number of nitrogens with zero attached hydrogens (tertiary/aromatic N) is 3. The highest BCUT2D eigenvalue weighted by molar-refractivity contribution is 5.14. The van der Waals surface area contributed by atoms with Crippen LogP contribution in [0.4, 0.5) is 0 Å². The standard InChI is InChI=1S/C17H26N4O2/c1-5-17-18-12(3)15(19-17)9-21-8-13(16(10-21)22-4)7-14-6-11(2)20-23-14/h6,13,16H,5,7-10H2,1-4H3,(H,18,19)/t13-,16+/m1/s1. The number of imidazole rings is 1. The molecule has 1 saturated heterocycles. The van der Waals surface area contributed by atoms with Crippen LogP contribution in [0.2, 0.25) is 0 Å². The third-order valence-electron chi connectivity index (χ3n) is 4.64. The Bertz CT molecular complexity index is 649. The monoisotopic (exact) mass is 318 g/mol. The maximum absolute atomic E-state index is 5.70. The average molecular weight is 318 g/mol. The van der Waals surface area contributed by atoms with Gasteiger partial charge in [-0.1, -0.05) is 12.1 Å². The summed E-state index contributed by atoms with van der Waals surface area (Å²) in [5.74, 6) is 2.44. The first-order valence-corrected chi connectivity index (χ1v) is 8.30. The number of H-pyrrole nitrogens is 1. The minimum atomic E-state index is 0.227. The number of aryl methyl sites for hydroxylation is 3. The van der Waals surface area contributed by atoms with Crippen LogP contribution in [0.25, 0.3) is 0 Å². The molecule has 1 aliphatic rings. The molecule has 6 nitrogen and oxygen atoms in total. The molecule has 0 unspecified atom stereocenters. The Morgan fingerprint density at radius 2 is 2.22 bits per heavy atom. The number of hydrogen-bond acceptors (Lipinski definition) is 5. The summed E-state index contributed by atoms with van der Waals surface area (Å²) in [6.45, 7) is 8.96. The number of aromatic amines is 1. The predicted molar refractivity (Wildman–Crippen MR) is 87.2 cm³/mol. The molecule has 1 N–H and O–H groups in total. The van der Waals surface area contributed by atoms with Gasteiger partial charge in [-0.2, -0.15) is 0 Å². The zero-order chi connectivity index (χ0) is 16.4. The quantitative estimate of drug-likeness (QED) is 0.885. The van der Waals surface area contributed by atoms with Crippen molar-refractivity contribution in [1.29, 1.82) is 0 Å². The first kappa shape index (κ1) is 16.2. The number of ether oxygens (including phenoxy) is 1. The normalized spacial score (nSPS) is 22.1. The maximum atomic E-state index is 5.70. The molecule has 2 aromatic heterocycles. The van der Waals surface area contributed by atoms with Gasteiger partial charge in [-0.25, -0.2) is 4.98 Å². The Kier molecular flexibility index (Phi) is 4.82. The molecular weight excluding hydrogens is 292 g/mol. The molecule has 3 heterocycles. The summed E-state index contributed by atoms with van der Waals surface area (Å²) in [6, 6.07) is 2.01. The average Bonchev–Trinajstić information content (AvgIpc) is 3.20. The Morgan fingerprint density at radius 3 is 2.83 bits per heavy atom. The predicted octanol–water partition coefficient (Wildman–Crippen LogP) is 2.27. The zero-order valence-electron chi connectivity index (χ0n) is 14.4. The van der Waals surface area contributed by atoms with Crippen LogP contribution in [0.5, 0.6) is 0 Å². The van der Waals surface area contributed by atoms with Crippen LogP contribution >= 0.6 is 0 Å². The Labute approximate surface area is 137 Å². The van der Waals surface area contributed by atoms with Gasteiger partial charge in [0.15, 0.2) is 0 Å². The van der Waals surface area contributed by atoms with Crippen molar-refractivity contribution in [1.82, 2.24) is 20.0 Å². The zero-order valence-corrected chi connectivity index (χ0v) is 14.4. The second kappa shape index (κ2) is 6.84. The second-order valence-corrected chi connectivity index (χ2v) is 6.48. The van der Waals surface area contributed by atoms with E-state index in [4.69, 9.17) is 9.26 Å². The van der Waals surface area contributed by atoms with Gasteiger partial charge in [-0.05, 0) is 13.8 Å². The van der Waals surface area contributed by atoms with Gasteiger partial charge in [0.25, 0.3) is 0 Å². The van der Waals surface area contributed by atoms with Gasteiger partial charge in [0.05, 0.1) is 17.5 Å². The highest BCUT2D eigenvalue weighted by Gasteiger charge is 2.34. The molecule has 2 aromatic rings. The molecule has 0 spiro atoms. The molecule has 6 heteroatoms. The summed E-state index contributed by atoms with van der Waals surface area (Å²) in [5, 5.41) is 3.98. The van der Waals surface area contributed by atoms with Crippen molar-refractivity contribution in [2.45, 2.75) is 46.3 Å². The molecule has 0 aliphatic carbocycles. The fraction of sp³-hybridized carbons (Fsp3) is 0.647. The smallest absolute Gasteiger partial charge is 0.137 e. The van der Waals surface area contributed by atoms with Crippen molar-refractivity contribution < 1.29 is 9.26 Å². The van der Waals surface area contributed by atoms with E-state index in [9.17, 15) is 0 Å². The first-order chi connectivity index (χ1) is 11.1. The topological polar surface area (TPSA) is 67.2 Å². The van der Waals surface area contributed by atoms with Crippen molar-refractivity contribution in [2.24, 2.45) is 5.92 Å². The number of nitrogens with one attached hydrogen (secondary N) is 1. The van der Waals surface area contributed by atoms with Gasteiger partial charge < -0.3 is 14.2 Å². The maximum Gasteiger partial charge on any atom is 0.137 e. The third kappa shape index (κ3) is 3.64. The van der Waals surface area contributed by atoms with E-state index in [2.05, 4.69) is 33.9 Å². The van der Waals surface area contributed by atoms with Crippen molar-refractivity contribution >= 4 is 0 Å². The molecule has 1 aliphatic heterocycles. The van der Waals surface area contributed by atoms with Crippen LogP contribution in [0.3, 0.4) is 0 Å². The molecule has 0 radical (unpaired) electrons. The molecular formula is C17H26N4O2. The summed E-state index contributed by atoms with van der Waals surface area (Å²) in [5.41, 5.74) is 3.25. The lowest BCUT2D eigenvalue weighted by Gasteiger charge is -2.14. The minimum absolute atomic E-state index is 0.227. The van der Waals surface area contributed by atoms with E-state index < -0.39 is 0 Å². The van der Waals surface area contributed by atoms with Crippen LogP contribution in [0, 0.1) is 19.8 Å². The van der Waals surface area contributed by atoms with E-state index in [0.717, 1.165) is 55.4 Å². The van der Waals surface area contributed by atoms with Crippen LogP contribution in [-0.4, -0.2) is 46.3 Å². The lowest BCUT2D eigenvalue weighted by Crippen LogP contribution is -2.23. The first-order valence-electron chi connectivity index (χ1n) is 8.30. The van der Waals surface area contributed by atoms with Gasteiger partial charge in [0, 0.05) is 57.3 Å². The van der Waals surface area contributed by atoms with Gasteiger partial charge in [0.2, 0.25) is 0 Å². The lowest BCUT2D eigenvalue weighted by molar-refractivity contribution is 0.0761. The van der Waals surface area contributed by atoms with Crippen molar-refractivity contribution in [3.05, 3.63) is 34.7 Å². The SMILES string of the molecule is CCc1nc(CN2C[C@@H](Cc3cc(C)no3)[C@@H](OC)C2)c(C)[nH]1. The largest absolute Gasteiger partial charge is 0.380 e. The van der Waals surface area contributed by atoms with Gasteiger partial charge in [-0.15, -0.1) is 0 Å². The third-order valence-corrected chi connectivity index (χ3v) is 4.64. The highest BCUT2D eigenvalue weighted by Crippen LogP contribution is 2.25. The molecule has 0 aromatic carbocycles. The van der Waals surface area contributed by atoms with Crippen LogP contribution < -0.4 is 0 Å². The number of methoxy groups -OCH3 is 1. The van der Waals surface area contributed by atoms with E-state index in [1.54, 1.807) is 7.11 Å². The van der Waals surface area contributed by atoms with Crippen molar-refractivity contribution in [3.63, 3.8) is 0 Å². The number of hydrogen-bond donors (Lipinski definition) is 1. The van der Waals surface area contributed by atoms with E-state index in [1.165, 1.54) is 5.69 Å². The Morgan fingerprint density at radius 1 is 1.39 bits per heavy atom. The lowest BCUT2D eigenvalue weighted by atomic mass is 10.0. The Hall–Kier alpha value is -1.66. The molecule has 0 saturated carbocycles. The summed E-state index contributed by atoms with van der Waals surface area (Å²) in [6.07, 6.45) is 2.04. The summed E-state index contributed by atoms with van der Waals surface area (Å²) < 4.78 is 11.1. The minimum Gasteiger partial charge on any atom is -0.380 e. The summed E-state index contributed by atoms with van der Waals surface area (Å²) in [4.78, 5) is 10.5. The van der Waals surface area contributed by atoms with Crippen LogP contribution in [0.15, 0.2) is 10.6 Å². The molecule has 2 atom stereocenters. The highest BCUT2D eigenvalue weighted by atomic mass is 16.5. The van der Waals surface area contributed by atoms with Crippen molar-refractivity contribution in [2.75, 3.05) is 20.2 Å². The van der Waals surface area contributed by atoms with E-state index >= 15 is 0 Å². The fourth-order valence-electron chi connectivity index (χ4n) is 3.39. The number of likely N-dealkylation sites (tertiary alicyclic amines) is 1. The van der Waals surface area contributed by atoms with Gasteiger partial charge >= 0.3 is 0 Å². The fourth-order valence-corrected chi connectivity index (χ4v) is 3.39. The molecule has 1 fully saturated rings. The van der Waals surface area contributed by atoms with E-state index in [0.29, 0.717) is 5.92 Å². The summed E-state index contributed by atoms with van der Waals surface area (Å²) in [7, 11) is 1.79. The van der Waals surface area contributed by atoms with Crippen LogP contribution in [-0.2, 0) is 24.1 Å². The van der Waals surface area contributed by atoms with E-state index in [-0.39, 0.29) is 6.10 Å². The molecule has 0 bridgehead atoms.